The van der Waals surface area contributed by atoms with Crippen LogP contribution in [-0.4, -0.2) is 24.8 Å². The number of carbonyl (C=O) groups is 2. The highest BCUT2D eigenvalue weighted by Gasteiger charge is 2.39. The van der Waals surface area contributed by atoms with Gasteiger partial charge in [0.05, 0.1) is 7.11 Å². The molecule has 0 fully saturated rings. The fourth-order valence-electron chi connectivity index (χ4n) is 1.84. The SMILES string of the molecule is COC(=O)C(C)(NC(=O)OC(C)(C)C)c1ccc(C)cc1. The number of methoxy groups -OCH3 is 1. The van der Waals surface area contributed by atoms with Gasteiger partial charge in [0.15, 0.2) is 5.54 Å². The molecule has 0 spiro atoms. The van der Waals surface area contributed by atoms with Gasteiger partial charge in [-0.15, -0.1) is 0 Å². The average Bonchev–Trinajstić information content (AvgIpc) is 2.35. The van der Waals surface area contributed by atoms with Gasteiger partial charge in [0.2, 0.25) is 0 Å². The molecule has 1 aromatic rings. The minimum Gasteiger partial charge on any atom is -0.467 e. The lowest BCUT2D eigenvalue weighted by Gasteiger charge is -2.30. The maximum Gasteiger partial charge on any atom is 0.408 e. The van der Waals surface area contributed by atoms with E-state index in [-0.39, 0.29) is 0 Å². The van der Waals surface area contributed by atoms with E-state index in [1.165, 1.54) is 7.11 Å². The van der Waals surface area contributed by atoms with Gasteiger partial charge in [0, 0.05) is 0 Å². The maximum absolute atomic E-state index is 12.1. The number of amides is 1. The van der Waals surface area contributed by atoms with Crippen LogP contribution < -0.4 is 5.32 Å². The first-order valence-electron chi connectivity index (χ1n) is 6.75. The van der Waals surface area contributed by atoms with Gasteiger partial charge >= 0.3 is 12.1 Å². The molecule has 0 bridgehead atoms. The van der Waals surface area contributed by atoms with E-state index in [0.29, 0.717) is 5.56 Å². The third-order valence-electron chi connectivity index (χ3n) is 2.97. The lowest BCUT2D eigenvalue weighted by Crippen LogP contribution is -2.51. The Labute approximate surface area is 125 Å². The molecule has 21 heavy (non-hydrogen) atoms. The van der Waals surface area contributed by atoms with Crippen LogP contribution in [0, 0.1) is 6.92 Å². The number of hydrogen-bond donors (Lipinski definition) is 1. The zero-order chi connectivity index (χ0) is 16.3. The van der Waals surface area contributed by atoms with Gasteiger partial charge in [0.25, 0.3) is 0 Å². The number of alkyl carbamates (subject to hydrolysis) is 1. The van der Waals surface area contributed by atoms with Crippen LogP contribution in [-0.2, 0) is 19.8 Å². The fraction of sp³-hybridized carbons (Fsp3) is 0.500. The lowest BCUT2D eigenvalue weighted by molar-refractivity contribution is -0.148. The van der Waals surface area contributed by atoms with Gasteiger partial charge in [-0.3, -0.25) is 0 Å². The number of aryl methyl sites for hydroxylation is 1. The normalized spacial score (nSPS) is 14.0. The zero-order valence-corrected chi connectivity index (χ0v) is 13.4. The van der Waals surface area contributed by atoms with E-state index in [0.717, 1.165) is 5.56 Å². The van der Waals surface area contributed by atoms with Gasteiger partial charge < -0.3 is 14.8 Å². The van der Waals surface area contributed by atoms with Gasteiger partial charge in [0.1, 0.15) is 5.60 Å². The number of benzene rings is 1. The standard InChI is InChI=1S/C16H23NO4/c1-11-7-9-12(10-8-11)16(5,13(18)20-6)17-14(19)21-15(2,3)4/h7-10H,1-6H3,(H,17,19). The minimum absolute atomic E-state index is 0.558. The van der Waals surface area contributed by atoms with Crippen LogP contribution in [0.15, 0.2) is 24.3 Å². The smallest absolute Gasteiger partial charge is 0.408 e. The Morgan fingerprint density at radius 3 is 2.00 bits per heavy atom. The molecule has 1 amide bonds. The zero-order valence-electron chi connectivity index (χ0n) is 13.4. The first kappa shape index (κ1) is 17.0. The van der Waals surface area contributed by atoms with E-state index in [2.05, 4.69) is 5.32 Å². The van der Waals surface area contributed by atoms with Crippen LogP contribution in [0.5, 0.6) is 0 Å². The summed E-state index contributed by atoms with van der Waals surface area (Å²) in [6, 6.07) is 7.30. The Hall–Kier alpha value is -2.04. The van der Waals surface area contributed by atoms with Crippen LogP contribution in [0.2, 0.25) is 0 Å². The molecule has 1 N–H and O–H groups in total. The summed E-state index contributed by atoms with van der Waals surface area (Å²) in [6.07, 6.45) is -0.670. The molecule has 0 heterocycles. The molecule has 0 saturated heterocycles. The molecule has 0 saturated carbocycles. The highest BCUT2D eigenvalue weighted by Crippen LogP contribution is 2.23. The molecule has 1 atom stereocenters. The molecule has 1 aromatic carbocycles. The van der Waals surface area contributed by atoms with E-state index in [4.69, 9.17) is 9.47 Å². The molecule has 0 aromatic heterocycles. The number of ether oxygens (including phenoxy) is 2. The van der Waals surface area contributed by atoms with Crippen molar-refractivity contribution in [1.82, 2.24) is 5.32 Å². The molecule has 0 aliphatic carbocycles. The molecule has 1 unspecified atom stereocenters. The van der Waals surface area contributed by atoms with Crippen molar-refractivity contribution < 1.29 is 19.1 Å². The summed E-state index contributed by atoms with van der Waals surface area (Å²) < 4.78 is 10.0. The summed E-state index contributed by atoms with van der Waals surface area (Å²) in [5.41, 5.74) is -0.256. The summed E-state index contributed by atoms with van der Waals surface area (Å²) in [5, 5.41) is 2.60. The van der Waals surface area contributed by atoms with Crippen molar-refractivity contribution in [3.8, 4) is 0 Å². The second kappa shape index (κ2) is 6.16. The van der Waals surface area contributed by atoms with Crippen LogP contribution >= 0.6 is 0 Å². The number of rotatable bonds is 3. The third-order valence-corrected chi connectivity index (χ3v) is 2.97. The average molecular weight is 293 g/mol. The Morgan fingerprint density at radius 2 is 1.57 bits per heavy atom. The Bertz CT molecular complexity index is 516. The number of hydrogen-bond acceptors (Lipinski definition) is 4. The van der Waals surface area contributed by atoms with Crippen LogP contribution in [0.25, 0.3) is 0 Å². The van der Waals surface area contributed by atoms with Crippen LogP contribution in [0.3, 0.4) is 0 Å². The Morgan fingerprint density at radius 1 is 1.05 bits per heavy atom. The van der Waals surface area contributed by atoms with Gasteiger partial charge in [-0.25, -0.2) is 9.59 Å². The first-order chi connectivity index (χ1) is 9.58. The Balaban J connectivity index is 3.08. The predicted octanol–water partition coefficient (Wildman–Crippen LogP) is 2.91. The Kier molecular flexibility index (Phi) is 4.99. The fourth-order valence-corrected chi connectivity index (χ4v) is 1.84. The molecule has 0 aliphatic heterocycles. The van der Waals surface area contributed by atoms with E-state index >= 15 is 0 Å². The molecule has 0 aliphatic rings. The monoisotopic (exact) mass is 293 g/mol. The van der Waals surface area contributed by atoms with Crippen molar-refractivity contribution in [2.75, 3.05) is 7.11 Å². The quantitative estimate of drug-likeness (QED) is 0.870. The van der Waals surface area contributed by atoms with E-state index in [1.54, 1.807) is 39.8 Å². The number of nitrogens with one attached hydrogen (secondary N) is 1. The third kappa shape index (κ3) is 4.48. The van der Waals surface area contributed by atoms with Gasteiger partial charge in [-0.05, 0) is 40.2 Å². The topological polar surface area (TPSA) is 64.6 Å². The van der Waals surface area contributed by atoms with Crippen molar-refractivity contribution in [3.05, 3.63) is 35.4 Å². The highest BCUT2D eigenvalue weighted by molar-refractivity contribution is 5.86. The molecule has 5 heteroatoms. The summed E-state index contributed by atoms with van der Waals surface area (Å²) in [7, 11) is 1.28. The van der Waals surface area contributed by atoms with Crippen molar-refractivity contribution in [2.45, 2.75) is 45.8 Å². The molecule has 0 radical (unpaired) electrons. The summed E-state index contributed by atoms with van der Waals surface area (Å²) in [5.74, 6) is -0.558. The van der Waals surface area contributed by atoms with Crippen molar-refractivity contribution in [2.24, 2.45) is 0 Å². The summed E-state index contributed by atoms with van der Waals surface area (Å²) >= 11 is 0. The highest BCUT2D eigenvalue weighted by atomic mass is 16.6. The van der Waals surface area contributed by atoms with Gasteiger partial charge in [-0.1, -0.05) is 29.8 Å². The summed E-state index contributed by atoms with van der Waals surface area (Å²) in [4.78, 5) is 24.1. The predicted molar refractivity (Wildman–Crippen MR) is 79.9 cm³/mol. The number of carbonyl (C=O) groups excluding carboxylic acids is 2. The second-order valence-corrected chi connectivity index (χ2v) is 6.11. The second-order valence-electron chi connectivity index (χ2n) is 6.11. The summed E-state index contributed by atoms with van der Waals surface area (Å²) in [6.45, 7) is 8.81. The van der Waals surface area contributed by atoms with Crippen molar-refractivity contribution >= 4 is 12.1 Å². The van der Waals surface area contributed by atoms with Crippen LogP contribution in [0.1, 0.15) is 38.8 Å². The lowest BCUT2D eigenvalue weighted by atomic mass is 9.91. The van der Waals surface area contributed by atoms with E-state index in [1.807, 2.05) is 19.1 Å². The number of esters is 1. The van der Waals surface area contributed by atoms with Gasteiger partial charge in [-0.2, -0.15) is 0 Å². The molecular weight excluding hydrogens is 270 g/mol. The molecule has 5 nitrogen and oxygen atoms in total. The first-order valence-corrected chi connectivity index (χ1v) is 6.75. The largest absolute Gasteiger partial charge is 0.467 e. The van der Waals surface area contributed by atoms with Crippen LogP contribution in [0.4, 0.5) is 4.79 Å². The minimum atomic E-state index is -1.30. The molecule has 116 valence electrons. The maximum atomic E-state index is 12.1. The molecule has 1 rings (SSSR count). The van der Waals surface area contributed by atoms with E-state index in [9.17, 15) is 9.59 Å². The van der Waals surface area contributed by atoms with Crippen molar-refractivity contribution in [1.29, 1.82) is 0 Å². The molecular formula is C16H23NO4. The van der Waals surface area contributed by atoms with Crippen molar-refractivity contribution in [3.63, 3.8) is 0 Å². The van der Waals surface area contributed by atoms with E-state index < -0.39 is 23.2 Å².